The third-order valence-corrected chi connectivity index (χ3v) is 1.48. The summed E-state index contributed by atoms with van der Waals surface area (Å²) in [5, 5.41) is 0. The van der Waals surface area contributed by atoms with Crippen LogP contribution in [-0.2, 0) is 9.68 Å². The van der Waals surface area contributed by atoms with Gasteiger partial charge in [-0.05, 0) is 18.2 Å². The minimum Gasteiger partial charge on any atom is -0.468 e. The lowest BCUT2D eigenvalue weighted by Gasteiger charge is -2.04. The zero-order chi connectivity index (χ0) is 10.4. The predicted molar refractivity (Wildman–Crippen MR) is 45.5 cm³/mol. The zero-order valence-corrected chi connectivity index (χ0v) is 7.53. The van der Waals surface area contributed by atoms with Gasteiger partial charge in [-0.15, -0.1) is 0 Å². The Morgan fingerprint density at radius 1 is 1.50 bits per heavy atom. The number of benzene rings is 1. The number of hydrogen-bond acceptors (Lipinski definition) is 4. The highest BCUT2D eigenvalue weighted by Gasteiger charge is 2.08. The molecule has 0 amide bonds. The summed E-state index contributed by atoms with van der Waals surface area (Å²) < 4.78 is 21.2. The summed E-state index contributed by atoms with van der Waals surface area (Å²) in [6, 6.07) is 5.95. The molecule has 0 N–H and O–H groups in total. The highest BCUT2D eigenvalue weighted by atomic mass is 19.3. The van der Waals surface area contributed by atoms with Gasteiger partial charge < -0.3 is 9.47 Å². The fourth-order valence-corrected chi connectivity index (χ4v) is 0.884. The van der Waals surface area contributed by atoms with Crippen molar-refractivity contribution >= 4 is 5.97 Å². The molecular weight excluding hydrogens is 191 g/mol. The van der Waals surface area contributed by atoms with Gasteiger partial charge in [-0.1, -0.05) is 6.07 Å². The van der Waals surface area contributed by atoms with Crippen LogP contribution in [-0.4, -0.2) is 19.9 Å². The molecule has 14 heavy (non-hydrogen) atoms. The second kappa shape index (κ2) is 5.18. The number of rotatable bonds is 4. The number of carbonyl (C=O) groups is 1. The van der Waals surface area contributed by atoms with Gasteiger partial charge in [0.25, 0.3) is 0 Å². The van der Waals surface area contributed by atoms with Crippen LogP contribution < -0.4 is 4.74 Å². The van der Waals surface area contributed by atoms with E-state index in [-0.39, 0.29) is 12.4 Å². The summed E-state index contributed by atoms with van der Waals surface area (Å²) in [7, 11) is 1.47. The molecule has 1 aromatic rings. The second-order valence-electron chi connectivity index (χ2n) is 2.44. The number of methoxy groups -OCH3 is 1. The Balaban J connectivity index is 2.73. The predicted octanol–water partition coefficient (Wildman–Crippen LogP) is 1.71. The number of hydrogen-bond donors (Lipinski definition) is 0. The maximum absolute atomic E-state index is 11.5. The largest absolute Gasteiger partial charge is 0.468 e. The molecule has 76 valence electrons. The molecule has 5 heteroatoms. The Hall–Kier alpha value is -1.62. The quantitative estimate of drug-likeness (QED) is 0.694. The minimum absolute atomic E-state index is 0.0636. The molecule has 0 aromatic heterocycles. The Morgan fingerprint density at radius 3 is 2.93 bits per heavy atom. The van der Waals surface area contributed by atoms with Crippen LogP contribution in [0.4, 0.5) is 4.53 Å². The molecule has 0 saturated carbocycles. The minimum atomic E-state index is -1.05. The van der Waals surface area contributed by atoms with E-state index >= 15 is 0 Å². The molecule has 0 aliphatic carbocycles. The molecule has 1 rings (SSSR count). The van der Waals surface area contributed by atoms with Crippen LogP contribution in [0.5, 0.6) is 5.75 Å². The lowest BCUT2D eigenvalue weighted by Crippen LogP contribution is -2.02. The Labute approximate surface area is 80.1 Å². The van der Waals surface area contributed by atoms with Crippen LogP contribution in [0.3, 0.4) is 0 Å². The number of carbonyl (C=O) groups excluding carboxylic acids is 1. The first-order chi connectivity index (χ1) is 6.77. The van der Waals surface area contributed by atoms with E-state index in [4.69, 9.17) is 4.74 Å². The summed E-state index contributed by atoms with van der Waals surface area (Å²) in [5.41, 5.74) is 0.0844. The molecule has 1 aromatic carbocycles. The molecule has 0 aliphatic rings. The van der Waals surface area contributed by atoms with Gasteiger partial charge in [-0.25, -0.2) is 9.74 Å². The summed E-state index contributed by atoms with van der Waals surface area (Å²) in [6.07, 6.45) is 0. The van der Waals surface area contributed by atoms with E-state index in [9.17, 15) is 9.32 Å². The van der Waals surface area contributed by atoms with Crippen LogP contribution in [0.2, 0.25) is 0 Å². The fraction of sp³-hybridized carbons (Fsp3) is 0.222. The van der Waals surface area contributed by atoms with Crippen molar-refractivity contribution in [1.29, 1.82) is 0 Å². The van der Waals surface area contributed by atoms with Crippen molar-refractivity contribution in [3.63, 3.8) is 0 Å². The SMILES string of the molecule is COCOc1cccc(C(=O)OF)c1. The van der Waals surface area contributed by atoms with E-state index in [1.54, 1.807) is 12.1 Å². The number of ether oxygens (including phenoxy) is 2. The topological polar surface area (TPSA) is 44.8 Å². The van der Waals surface area contributed by atoms with Crippen molar-refractivity contribution in [3.8, 4) is 5.75 Å². The first-order valence-corrected chi connectivity index (χ1v) is 3.82. The Morgan fingerprint density at radius 2 is 2.29 bits per heavy atom. The monoisotopic (exact) mass is 200 g/mol. The maximum atomic E-state index is 11.5. The molecule has 4 nitrogen and oxygen atoms in total. The third-order valence-electron chi connectivity index (χ3n) is 1.48. The van der Waals surface area contributed by atoms with Gasteiger partial charge >= 0.3 is 5.97 Å². The van der Waals surface area contributed by atoms with E-state index in [0.717, 1.165) is 0 Å². The molecule has 0 unspecified atom stereocenters. The lowest BCUT2D eigenvalue weighted by atomic mass is 10.2. The van der Waals surface area contributed by atoms with Gasteiger partial charge in [0, 0.05) is 11.6 Å². The van der Waals surface area contributed by atoms with E-state index in [2.05, 4.69) is 9.68 Å². The van der Waals surface area contributed by atoms with Gasteiger partial charge in [0.15, 0.2) is 6.79 Å². The number of halogens is 1. The average molecular weight is 200 g/mol. The maximum Gasteiger partial charge on any atom is 0.379 e. The Kier molecular flexibility index (Phi) is 3.87. The smallest absolute Gasteiger partial charge is 0.379 e. The molecule has 0 fully saturated rings. The summed E-state index contributed by atoms with van der Waals surface area (Å²) >= 11 is 0. The van der Waals surface area contributed by atoms with Crippen molar-refractivity contribution in [1.82, 2.24) is 0 Å². The van der Waals surface area contributed by atoms with E-state index in [1.165, 1.54) is 19.2 Å². The highest BCUT2D eigenvalue weighted by molar-refractivity contribution is 5.89. The van der Waals surface area contributed by atoms with Gasteiger partial charge in [-0.3, -0.25) is 0 Å². The van der Waals surface area contributed by atoms with E-state index in [0.29, 0.717) is 5.75 Å². The first-order valence-electron chi connectivity index (χ1n) is 3.82. The highest BCUT2D eigenvalue weighted by Crippen LogP contribution is 2.14. The molecular formula is C9H9FO4. The standard InChI is InChI=1S/C9H9FO4/c1-12-6-13-8-4-2-3-7(5-8)9(11)14-10/h2-5H,6H2,1H3. The van der Waals surface area contributed by atoms with Crippen molar-refractivity contribution in [3.05, 3.63) is 29.8 Å². The normalized spacial score (nSPS) is 9.57. The molecule has 0 heterocycles. The molecule has 0 bridgehead atoms. The lowest BCUT2D eigenvalue weighted by molar-refractivity contribution is -0.0788. The van der Waals surface area contributed by atoms with Crippen molar-refractivity contribution in [2.24, 2.45) is 0 Å². The van der Waals surface area contributed by atoms with Crippen LogP contribution in [0.25, 0.3) is 0 Å². The summed E-state index contributed by atoms with van der Waals surface area (Å²) in [6.45, 7) is 0.0636. The van der Waals surface area contributed by atoms with Crippen LogP contribution in [0.15, 0.2) is 24.3 Å². The summed E-state index contributed by atoms with van der Waals surface area (Å²) in [5.74, 6) is -0.636. The molecule has 0 saturated heterocycles. The van der Waals surface area contributed by atoms with E-state index in [1.807, 2.05) is 0 Å². The van der Waals surface area contributed by atoms with Crippen molar-refractivity contribution in [2.75, 3.05) is 13.9 Å². The molecule has 0 radical (unpaired) electrons. The van der Waals surface area contributed by atoms with Crippen molar-refractivity contribution < 1.29 is 23.7 Å². The van der Waals surface area contributed by atoms with E-state index < -0.39 is 5.97 Å². The van der Waals surface area contributed by atoms with Gasteiger partial charge in [0.1, 0.15) is 5.75 Å². The summed E-state index contributed by atoms with van der Waals surface area (Å²) in [4.78, 5) is 13.8. The third kappa shape index (κ3) is 2.70. The van der Waals surface area contributed by atoms with Crippen molar-refractivity contribution in [2.45, 2.75) is 0 Å². The fourth-order valence-electron chi connectivity index (χ4n) is 0.884. The van der Waals surface area contributed by atoms with Gasteiger partial charge in [0.2, 0.25) is 0 Å². The molecule has 0 spiro atoms. The Bertz CT molecular complexity index is 313. The zero-order valence-electron chi connectivity index (χ0n) is 7.53. The first kappa shape index (κ1) is 10.5. The molecule has 0 atom stereocenters. The van der Waals surface area contributed by atoms with Crippen LogP contribution >= 0.6 is 0 Å². The average Bonchev–Trinajstić information content (AvgIpc) is 2.25. The van der Waals surface area contributed by atoms with Gasteiger partial charge in [-0.2, -0.15) is 0 Å². The van der Waals surface area contributed by atoms with Crippen LogP contribution in [0, 0.1) is 0 Å². The van der Waals surface area contributed by atoms with Gasteiger partial charge in [0.05, 0.1) is 5.56 Å². The van der Waals surface area contributed by atoms with Crippen LogP contribution in [0.1, 0.15) is 10.4 Å². The molecule has 0 aliphatic heterocycles. The second-order valence-corrected chi connectivity index (χ2v) is 2.44.